The number of hydrogen-bond donors (Lipinski definition) is 0. The number of terminal acetylenes is 1. The Bertz CT molecular complexity index is 1210. The number of rotatable bonds is 12. The van der Waals surface area contributed by atoms with Crippen LogP contribution in [-0.4, -0.2) is 84.8 Å². The number of hydrogen-bond acceptors (Lipinski definition) is 6. The Kier molecular flexibility index (Phi) is 14.7. The molecule has 1 fully saturated rings. The maximum Gasteiger partial charge on any atom is 0.263 e. The lowest BCUT2D eigenvalue weighted by Crippen LogP contribution is -2.59. The summed E-state index contributed by atoms with van der Waals surface area (Å²) in [6, 6.07) is 0. The summed E-state index contributed by atoms with van der Waals surface area (Å²) in [7, 11) is -11.0. The molecule has 0 spiro atoms. The normalized spacial score (nSPS) is 24.3. The van der Waals surface area contributed by atoms with Crippen molar-refractivity contribution in [2.45, 2.75) is 205 Å². The summed E-state index contributed by atoms with van der Waals surface area (Å²) in [5.74, 6) is 4.73. The van der Waals surface area contributed by atoms with Gasteiger partial charge in [0.2, 0.25) is 0 Å². The molecule has 1 heterocycles. The first-order chi connectivity index (χ1) is 21.4. The molecule has 1 aliphatic rings. The Labute approximate surface area is 309 Å². The second kappa shape index (κ2) is 15.4. The van der Waals surface area contributed by atoms with Gasteiger partial charge in [0.25, 0.3) is 5.79 Å². The van der Waals surface area contributed by atoms with Gasteiger partial charge in [-0.05, 0) is 78.4 Å². The molecule has 1 aliphatic heterocycles. The highest BCUT2D eigenvalue weighted by Crippen LogP contribution is 2.49. The predicted octanol–water partition coefficient (Wildman–Crippen LogP) is 10.8. The van der Waals surface area contributed by atoms with Crippen molar-refractivity contribution in [2.75, 3.05) is 13.2 Å². The van der Waals surface area contributed by atoms with E-state index < -0.39 is 71.5 Å². The van der Waals surface area contributed by atoms with Gasteiger partial charge in [0.1, 0.15) is 33.0 Å². The Morgan fingerprint density at radius 2 is 1.08 bits per heavy atom. The minimum Gasteiger partial charge on any atom is -0.414 e. The van der Waals surface area contributed by atoms with Crippen molar-refractivity contribution in [2.24, 2.45) is 0 Å². The summed E-state index contributed by atoms with van der Waals surface area (Å²) in [5, 5.41) is -0.179. The first-order valence-electron chi connectivity index (χ1n) is 18.3. The SMILES string of the molecule is C#C[C@@]1(OCC#C[Si](C)(C)C)O[C@@H]([C@@H](CO[Si](C)(C)C(C)(C)C)O[Si](C)(C)C(C)(C)C)[C@H](O[Si](C)(C)C(C)(C)C)[C@H]1O[Si](C)(C)C(C)(C)C. The highest BCUT2D eigenvalue weighted by molar-refractivity contribution is 6.83. The van der Waals surface area contributed by atoms with Crippen molar-refractivity contribution in [3.8, 4) is 23.8 Å². The minimum atomic E-state index is -2.44. The highest BCUT2D eigenvalue weighted by atomic mass is 28.4. The summed E-state index contributed by atoms with van der Waals surface area (Å²) in [6.45, 7) is 52.4. The topological polar surface area (TPSA) is 55.4 Å². The summed E-state index contributed by atoms with van der Waals surface area (Å²) >= 11 is 0. The van der Waals surface area contributed by atoms with Gasteiger partial charge in [-0.1, -0.05) is 109 Å². The van der Waals surface area contributed by atoms with Gasteiger partial charge >= 0.3 is 0 Å². The second-order valence-electron chi connectivity index (χ2n) is 21.4. The van der Waals surface area contributed by atoms with Crippen LogP contribution in [-0.2, 0) is 27.2 Å². The van der Waals surface area contributed by atoms with Crippen LogP contribution >= 0.6 is 0 Å². The predicted molar refractivity (Wildman–Crippen MR) is 223 cm³/mol. The van der Waals surface area contributed by atoms with Crippen LogP contribution < -0.4 is 0 Å². The molecule has 6 nitrogen and oxygen atoms in total. The molecule has 0 radical (unpaired) electrons. The summed E-state index contributed by atoms with van der Waals surface area (Å²) in [5.41, 5.74) is 3.43. The van der Waals surface area contributed by atoms with E-state index in [0.29, 0.717) is 6.61 Å². The molecule has 0 aliphatic carbocycles. The third kappa shape index (κ3) is 12.0. The third-order valence-electron chi connectivity index (χ3n) is 11.8. The molecule has 49 heavy (non-hydrogen) atoms. The van der Waals surface area contributed by atoms with Gasteiger partial charge in [-0.3, -0.25) is 0 Å². The molecule has 0 amide bonds. The zero-order chi connectivity index (χ0) is 39.1. The standard InChI is InChI=1S/C38H78O6Si5/c1-25-38(39-27-26-28-45(14,15)16)33(44-49(23,24)37(11,12)13)32(43-48(21,22)36(8,9)10)31(41-38)30(42-47(19,20)35(5,6)7)29-40-46(17,18)34(2,3)4/h1,30-33H,27,29H2,2-24H3/t30-,31+,32+,33-,38-/m1/s1. The molecular weight excluding hydrogens is 693 g/mol. The van der Waals surface area contributed by atoms with E-state index in [9.17, 15) is 0 Å². The van der Waals surface area contributed by atoms with Crippen molar-refractivity contribution in [1.82, 2.24) is 0 Å². The third-order valence-corrected chi connectivity index (χ3v) is 30.7. The van der Waals surface area contributed by atoms with Crippen molar-refractivity contribution in [3.63, 3.8) is 0 Å². The zero-order valence-electron chi connectivity index (χ0n) is 36.3. The molecular formula is C38H78O6Si5. The van der Waals surface area contributed by atoms with Crippen LogP contribution in [0.1, 0.15) is 83.1 Å². The van der Waals surface area contributed by atoms with E-state index in [1.807, 2.05) is 0 Å². The molecule has 0 aromatic rings. The Hall–Kier alpha value is -0.0356. The van der Waals surface area contributed by atoms with Crippen LogP contribution in [0.25, 0.3) is 0 Å². The van der Waals surface area contributed by atoms with Crippen LogP contribution in [0.4, 0.5) is 0 Å². The van der Waals surface area contributed by atoms with Crippen molar-refractivity contribution >= 4 is 41.3 Å². The van der Waals surface area contributed by atoms with Crippen LogP contribution in [0, 0.1) is 23.8 Å². The Balaban J connectivity index is 4.13. The van der Waals surface area contributed by atoms with E-state index in [2.05, 4.69) is 172 Å². The first kappa shape index (κ1) is 47.0. The van der Waals surface area contributed by atoms with Crippen LogP contribution in [0.2, 0.25) is 92.2 Å². The van der Waals surface area contributed by atoms with E-state index in [1.165, 1.54) is 0 Å². The Morgan fingerprint density at radius 3 is 1.47 bits per heavy atom. The second-order valence-corrected chi connectivity index (χ2v) is 45.2. The fourth-order valence-corrected chi connectivity index (χ4v) is 9.77. The molecule has 5 atom stereocenters. The van der Waals surface area contributed by atoms with Gasteiger partial charge < -0.3 is 27.2 Å². The van der Waals surface area contributed by atoms with Gasteiger partial charge in [0.15, 0.2) is 33.3 Å². The van der Waals surface area contributed by atoms with Crippen LogP contribution in [0.15, 0.2) is 0 Å². The average Bonchev–Trinajstić information content (AvgIpc) is 3.13. The highest BCUT2D eigenvalue weighted by Gasteiger charge is 2.63. The molecule has 0 aromatic heterocycles. The van der Waals surface area contributed by atoms with Crippen molar-refractivity contribution in [1.29, 1.82) is 0 Å². The van der Waals surface area contributed by atoms with Gasteiger partial charge in [-0.15, -0.1) is 12.0 Å². The maximum atomic E-state index is 7.44. The molecule has 0 unspecified atom stereocenters. The van der Waals surface area contributed by atoms with Crippen molar-refractivity contribution in [3.05, 3.63) is 0 Å². The fourth-order valence-electron chi connectivity index (χ4n) is 4.27. The summed E-state index contributed by atoms with van der Waals surface area (Å²) in [6.07, 6.45) is 4.23. The van der Waals surface area contributed by atoms with E-state index in [0.717, 1.165) is 0 Å². The molecule has 11 heteroatoms. The quantitative estimate of drug-likeness (QED) is 0.146. The fraction of sp³-hybridized carbons (Fsp3) is 0.895. The molecule has 1 saturated heterocycles. The number of ether oxygens (including phenoxy) is 2. The monoisotopic (exact) mass is 770 g/mol. The van der Waals surface area contributed by atoms with Gasteiger partial charge in [0.05, 0.1) is 12.7 Å². The summed E-state index contributed by atoms with van der Waals surface area (Å²) < 4.78 is 42.9. The van der Waals surface area contributed by atoms with Crippen LogP contribution in [0.5, 0.6) is 0 Å². The average molecular weight is 771 g/mol. The molecule has 0 saturated carbocycles. The first-order valence-corrected chi connectivity index (χ1v) is 33.5. The van der Waals surface area contributed by atoms with Gasteiger partial charge in [0, 0.05) is 0 Å². The molecule has 286 valence electrons. The van der Waals surface area contributed by atoms with Crippen molar-refractivity contribution < 1.29 is 27.2 Å². The lowest BCUT2D eigenvalue weighted by Gasteiger charge is -2.46. The van der Waals surface area contributed by atoms with E-state index in [4.69, 9.17) is 33.6 Å². The van der Waals surface area contributed by atoms with E-state index in [1.54, 1.807) is 0 Å². The zero-order valence-corrected chi connectivity index (χ0v) is 41.3. The lowest BCUT2D eigenvalue weighted by molar-refractivity contribution is -0.219. The van der Waals surface area contributed by atoms with E-state index in [-0.39, 0.29) is 26.8 Å². The van der Waals surface area contributed by atoms with E-state index >= 15 is 0 Å². The van der Waals surface area contributed by atoms with Crippen LogP contribution in [0.3, 0.4) is 0 Å². The van der Waals surface area contributed by atoms with Gasteiger partial charge in [-0.2, -0.15) is 0 Å². The molecule has 0 aromatic carbocycles. The minimum absolute atomic E-state index is 0.0246. The smallest absolute Gasteiger partial charge is 0.263 e. The summed E-state index contributed by atoms with van der Waals surface area (Å²) in [4.78, 5) is 0. The molecule has 1 rings (SSSR count). The lowest BCUT2D eigenvalue weighted by atomic mass is 10.0. The molecule has 0 N–H and O–H groups in total. The molecule has 0 bridgehead atoms. The van der Waals surface area contributed by atoms with Gasteiger partial charge in [-0.25, -0.2) is 0 Å². The maximum absolute atomic E-state index is 7.44. The largest absolute Gasteiger partial charge is 0.414 e. The Morgan fingerprint density at radius 1 is 0.653 bits per heavy atom.